The number of carbonyl (C=O) groups is 1. The minimum absolute atomic E-state index is 0.255. The van der Waals surface area contributed by atoms with E-state index in [9.17, 15) is 9.00 Å². The number of rotatable bonds is 7. The Morgan fingerprint density at radius 3 is 2.39 bits per heavy atom. The van der Waals surface area contributed by atoms with Gasteiger partial charge in [-0.15, -0.1) is 0 Å². The van der Waals surface area contributed by atoms with Crippen LogP contribution in [0, 0.1) is 18.8 Å². The van der Waals surface area contributed by atoms with Gasteiger partial charge in [0.25, 0.3) is 0 Å². The molecule has 1 atom stereocenters. The van der Waals surface area contributed by atoms with E-state index in [1.54, 1.807) is 12.3 Å². The molecular formula is C33H31NO3S. The number of allylic oxidation sites excluding steroid dienone is 4. The summed E-state index contributed by atoms with van der Waals surface area (Å²) in [6.45, 7) is 11.4. The fraction of sp³-hybridized carbons (Fsp3) is 0.121. The van der Waals surface area contributed by atoms with Crippen molar-refractivity contribution in [3.05, 3.63) is 126 Å². The van der Waals surface area contributed by atoms with Crippen molar-refractivity contribution in [2.24, 2.45) is 4.36 Å². The highest BCUT2D eigenvalue weighted by molar-refractivity contribution is 7.93. The molecule has 4 nitrogen and oxygen atoms in total. The molecule has 3 aromatic carbocycles. The lowest BCUT2D eigenvalue weighted by atomic mass is 9.95. The monoisotopic (exact) mass is 521 g/mol. The van der Waals surface area contributed by atoms with Crippen LogP contribution in [0.1, 0.15) is 34.7 Å². The normalized spacial score (nSPS) is 12.7. The van der Waals surface area contributed by atoms with E-state index in [4.69, 9.17) is 4.74 Å². The van der Waals surface area contributed by atoms with Crippen molar-refractivity contribution in [1.82, 2.24) is 0 Å². The number of hydrogen-bond acceptors (Lipinski definition) is 4. The lowest BCUT2D eigenvalue weighted by Crippen LogP contribution is -2.04. The second-order valence-electron chi connectivity index (χ2n) is 8.44. The molecule has 0 aliphatic rings. The molecule has 0 bridgehead atoms. The highest BCUT2D eigenvalue weighted by Crippen LogP contribution is 2.28. The number of hydrogen-bond donors (Lipinski definition) is 0. The van der Waals surface area contributed by atoms with Crippen LogP contribution in [0.4, 0.5) is 5.69 Å². The van der Waals surface area contributed by atoms with Gasteiger partial charge in [0.1, 0.15) is 0 Å². The molecule has 38 heavy (non-hydrogen) atoms. The van der Waals surface area contributed by atoms with Crippen molar-refractivity contribution in [3.8, 4) is 11.8 Å². The summed E-state index contributed by atoms with van der Waals surface area (Å²) < 4.78 is 23.4. The first-order valence-corrected chi connectivity index (χ1v) is 13.9. The lowest BCUT2D eigenvalue weighted by molar-refractivity contribution is -0.133. The molecule has 192 valence electrons. The third-order valence-corrected chi connectivity index (χ3v) is 7.72. The molecule has 0 heterocycles. The van der Waals surface area contributed by atoms with Crippen molar-refractivity contribution in [3.63, 3.8) is 0 Å². The molecule has 0 aliphatic carbocycles. The molecule has 0 saturated carbocycles. The zero-order valence-corrected chi connectivity index (χ0v) is 23.0. The Labute approximate surface area is 226 Å². The van der Waals surface area contributed by atoms with Gasteiger partial charge in [0.05, 0.1) is 38.6 Å². The molecule has 0 N–H and O–H groups in total. The molecule has 0 amide bonds. The largest absolute Gasteiger partial charge is 0.465 e. The summed E-state index contributed by atoms with van der Waals surface area (Å²) in [5.41, 5.74) is 5.45. The third-order valence-electron chi connectivity index (χ3n) is 5.92. The molecule has 3 rings (SSSR count). The number of nitrogens with zero attached hydrogens (tertiary/aromatic N) is 1. The molecular weight excluding hydrogens is 490 g/mol. The maximum atomic E-state index is 13.9. The molecule has 0 radical (unpaired) electrons. The van der Waals surface area contributed by atoms with E-state index in [0.29, 0.717) is 21.7 Å². The van der Waals surface area contributed by atoms with Crippen molar-refractivity contribution in [2.75, 3.05) is 13.4 Å². The van der Waals surface area contributed by atoms with Gasteiger partial charge in [-0.1, -0.05) is 97.8 Å². The highest BCUT2D eigenvalue weighted by Gasteiger charge is 2.15. The third kappa shape index (κ3) is 6.47. The van der Waals surface area contributed by atoms with Gasteiger partial charge in [0, 0.05) is 11.8 Å². The van der Waals surface area contributed by atoms with E-state index >= 15 is 0 Å². The first-order valence-electron chi connectivity index (χ1n) is 12.0. The summed E-state index contributed by atoms with van der Waals surface area (Å²) >= 11 is 0. The van der Waals surface area contributed by atoms with Crippen molar-refractivity contribution < 1.29 is 13.7 Å². The Hall–Kier alpha value is -4.40. The molecule has 3 aromatic rings. The van der Waals surface area contributed by atoms with E-state index in [-0.39, 0.29) is 5.57 Å². The van der Waals surface area contributed by atoms with E-state index in [1.807, 2.05) is 98.8 Å². The summed E-state index contributed by atoms with van der Waals surface area (Å²) in [6, 6.07) is 20.5. The van der Waals surface area contributed by atoms with E-state index in [0.717, 1.165) is 22.3 Å². The smallest absolute Gasteiger partial charge is 0.337 e. The molecule has 0 aromatic heterocycles. The first kappa shape index (κ1) is 28.2. The van der Waals surface area contributed by atoms with Gasteiger partial charge in [0.15, 0.2) is 0 Å². The number of methoxy groups -OCH3 is 1. The second-order valence-corrected chi connectivity index (χ2v) is 10.7. The number of carbonyl (C=O) groups excluding carboxylic acids is 1. The quantitative estimate of drug-likeness (QED) is 0.139. The van der Waals surface area contributed by atoms with Crippen LogP contribution in [0.25, 0.3) is 17.2 Å². The molecule has 5 heteroatoms. The van der Waals surface area contributed by atoms with E-state index in [2.05, 4.69) is 29.4 Å². The Morgan fingerprint density at radius 1 is 1.03 bits per heavy atom. The van der Waals surface area contributed by atoms with Crippen LogP contribution in [0.2, 0.25) is 0 Å². The van der Waals surface area contributed by atoms with Crippen LogP contribution in [-0.4, -0.2) is 23.5 Å². The number of ether oxygens (including phenoxy) is 1. The molecule has 1 unspecified atom stereocenters. The summed E-state index contributed by atoms with van der Waals surface area (Å²) in [7, 11) is -1.44. The minimum atomic E-state index is -2.77. The predicted molar refractivity (Wildman–Crippen MR) is 159 cm³/mol. The minimum Gasteiger partial charge on any atom is -0.465 e. The Morgan fingerprint density at radius 2 is 1.71 bits per heavy atom. The molecule has 0 spiro atoms. The average molecular weight is 522 g/mol. The number of esters is 1. The van der Waals surface area contributed by atoms with Crippen molar-refractivity contribution in [2.45, 2.75) is 18.7 Å². The predicted octanol–water partition coefficient (Wildman–Crippen LogP) is 7.62. The van der Waals surface area contributed by atoms with Gasteiger partial charge < -0.3 is 4.74 Å². The number of benzene rings is 3. The second kappa shape index (κ2) is 12.7. The first-order chi connectivity index (χ1) is 18.2. The van der Waals surface area contributed by atoms with Gasteiger partial charge in [0.2, 0.25) is 0 Å². The fourth-order valence-electron chi connectivity index (χ4n) is 3.93. The van der Waals surface area contributed by atoms with Crippen molar-refractivity contribution >= 4 is 38.6 Å². The highest BCUT2D eigenvalue weighted by atomic mass is 32.2. The van der Waals surface area contributed by atoms with Gasteiger partial charge in [-0.3, -0.25) is 0 Å². The van der Waals surface area contributed by atoms with Crippen LogP contribution in [-0.2, 0) is 19.3 Å². The Balaban J connectivity index is 2.08. The topological polar surface area (TPSA) is 55.7 Å². The standard InChI is InChI=1S/C33H31NO3S/c1-7-9-15-27-17-14-21-32(24(27)3)38(6,36)34-31-20-13-10-16-28(31)23-22-26(8-2)30-19-12-11-18-29(30)25(4)33(35)37-5/h7-21H,1,4H2,2-3,5-6H3/b15-9-,26-8-. The molecule has 0 fully saturated rings. The van der Waals surface area contributed by atoms with Gasteiger partial charge in [-0.25, -0.2) is 9.00 Å². The molecule has 0 saturated heterocycles. The summed E-state index contributed by atoms with van der Waals surface area (Å²) in [4.78, 5) is 12.8. The van der Waals surface area contributed by atoms with Crippen molar-refractivity contribution in [1.29, 1.82) is 0 Å². The lowest BCUT2D eigenvalue weighted by Gasteiger charge is -2.11. The Kier molecular flexibility index (Phi) is 9.43. The maximum Gasteiger partial charge on any atom is 0.337 e. The van der Waals surface area contributed by atoms with Crippen LogP contribution < -0.4 is 0 Å². The zero-order chi connectivity index (χ0) is 27.7. The van der Waals surface area contributed by atoms with Gasteiger partial charge in [-0.05, 0) is 54.3 Å². The SMILES string of the molecule is C=C/C=C\c1cccc(S(C)(=O)=Nc2ccccc2C#C/C(=C/C)c2ccccc2C(=C)C(=O)OC)c1C. The van der Waals surface area contributed by atoms with Crippen LogP contribution in [0.5, 0.6) is 0 Å². The van der Waals surface area contributed by atoms with Crippen LogP contribution >= 0.6 is 0 Å². The summed E-state index contributed by atoms with van der Waals surface area (Å²) in [6.07, 6.45) is 9.02. The zero-order valence-electron chi connectivity index (χ0n) is 22.2. The fourth-order valence-corrected chi connectivity index (χ4v) is 5.58. The average Bonchev–Trinajstić information content (AvgIpc) is 2.92. The van der Waals surface area contributed by atoms with Gasteiger partial charge >= 0.3 is 5.97 Å². The maximum absolute atomic E-state index is 13.9. The van der Waals surface area contributed by atoms with Crippen LogP contribution in [0.15, 0.2) is 107 Å². The molecule has 0 aliphatic heterocycles. The Bertz CT molecular complexity index is 1640. The summed E-state index contributed by atoms with van der Waals surface area (Å²) in [5, 5.41) is 0. The van der Waals surface area contributed by atoms with Gasteiger partial charge in [-0.2, -0.15) is 4.36 Å². The van der Waals surface area contributed by atoms with Crippen LogP contribution in [0.3, 0.4) is 0 Å². The van der Waals surface area contributed by atoms with E-state index < -0.39 is 15.7 Å². The summed E-state index contributed by atoms with van der Waals surface area (Å²) in [5.74, 6) is 5.91. The van der Waals surface area contributed by atoms with E-state index in [1.165, 1.54) is 7.11 Å².